The van der Waals surface area contributed by atoms with Gasteiger partial charge in [0.05, 0.1) is 0 Å². The van der Waals surface area contributed by atoms with Gasteiger partial charge >= 0.3 is 6.36 Å². The van der Waals surface area contributed by atoms with Crippen LogP contribution in [0.4, 0.5) is 19.0 Å². The van der Waals surface area contributed by atoms with E-state index >= 15 is 0 Å². The van der Waals surface area contributed by atoms with Crippen LogP contribution in [0.1, 0.15) is 24.3 Å². The molecule has 3 aromatic rings. The molecule has 0 bridgehead atoms. The van der Waals surface area contributed by atoms with Crippen LogP contribution < -0.4 is 20.5 Å². The van der Waals surface area contributed by atoms with E-state index in [-0.39, 0.29) is 17.5 Å². The van der Waals surface area contributed by atoms with Crippen LogP contribution in [0.3, 0.4) is 0 Å². The molecule has 10 heteroatoms. The Morgan fingerprint density at radius 3 is 2.03 bits per heavy atom. The number of carbonyl (C=O) groups is 1. The average Bonchev–Trinajstić information content (AvgIpc) is 2.68. The van der Waals surface area contributed by atoms with E-state index in [1.165, 1.54) is 18.2 Å². The predicted molar refractivity (Wildman–Crippen MR) is 108 cm³/mol. The molecule has 0 aliphatic carbocycles. The molecule has 31 heavy (non-hydrogen) atoms. The number of hydrogen-bond donors (Lipinski definition) is 2. The van der Waals surface area contributed by atoms with Gasteiger partial charge in [-0.25, -0.2) is 9.97 Å². The van der Waals surface area contributed by atoms with Crippen molar-refractivity contribution in [3.63, 3.8) is 0 Å². The first kappa shape index (κ1) is 21.9. The lowest BCUT2D eigenvalue weighted by Gasteiger charge is -2.12. The summed E-state index contributed by atoms with van der Waals surface area (Å²) in [6.07, 6.45) is -4.75. The van der Waals surface area contributed by atoms with Gasteiger partial charge in [0.1, 0.15) is 28.8 Å². The number of alkyl halides is 3. The van der Waals surface area contributed by atoms with E-state index < -0.39 is 12.3 Å². The fourth-order valence-electron chi connectivity index (χ4n) is 2.59. The summed E-state index contributed by atoms with van der Waals surface area (Å²) in [6, 6.07) is 13.3. The summed E-state index contributed by atoms with van der Waals surface area (Å²) in [6.45, 7) is 3.86. The molecule has 0 aliphatic heterocycles. The van der Waals surface area contributed by atoms with E-state index in [1.807, 2.05) is 13.8 Å². The van der Waals surface area contributed by atoms with Gasteiger partial charge in [0, 0.05) is 17.7 Å². The molecular weight excluding hydrogens is 413 g/mol. The summed E-state index contributed by atoms with van der Waals surface area (Å²) in [7, 11) is 0. The maximum Gasteiger partial charge on any atom is 0.573 e. The smallest absolute Gasteiger partial charge is 0.457 e. The zero-order valence-corrected chi connectivity index (χ0v) is 16.6. The van der Waals surface area contributed by atoms with Crippen molar-refractivity contribution in [2.75, 3.05) is 5.32 Å². The lowest BCUT2D eigenvalue weighted by Crippen LogP contribution is -2.17. The number of rotatable bonds is 7. The zero-order valence-electron chi connectivity index (χ0n) is 16.6. The number of amides is 1. The fourth-order valence-corrected chi connectivity index (χ4v) is 2.59. The van der Waals surface area contributed by atoms with Crippen LogP contribution >= 0.6 is 0 Å². The molecule has 1 amide bonds. The van der Waals surface area contributed by atoms with Crippen molar-refractivity contribution < 1.29 is 27.4 Å². The highest BCUT2D eigenvalue weighted by Gasteiger charge is 2.31. The van der Waals surface area contributed by atoms with E-state index in [9.17, 15) is 18.0 Å². The van der Waals surface area contributed by atoms with Crippen LogP contribution in [0, 0.1) is 0 Å². The molecule has 0 fully saturated rings. The highest BCUT2D eigenvalue weighted by molar-refractivity contribution is 5.92. The summed E-state index contributed by atoms with van der Waals surface area (Å²) in [5.41, 5.74) is 6.07. The Balaban J connectivity index is 1.77. The number of nitrogens with zero attached hydrogens (tertiary/aromatic N) is 2. The summed E-state index contributed by atoms with van der Waals surface area (Å²) >= 11 is 0. The molecule has 0 aliphatic rings. The molecule has 0 atom stereocenters. The molecule has 0 saturated carbocycles. The van der Waals surface area contributed by atoms with Gasteiger partial charge in [-0.3, -0.25) is 4.79 Å². The molecule has 0 radical (unpaired) electrons. The Morgan fingerprint density at radius 2 is 1.52 bits per heavy atom. The second-order valence-electron chi connectivity index (χ2n) is 6.77. The Morgan fingerprint density at radius 1 is 0.968 bits per heavy atom. The summed E-state index contributed by atoms with van der Waals surface area (Å²) in [5.74, 6) is 0.535. The van der Waals surface area contributed by atoms with Crippen LogP contribution in [0.2, 0.25) is 0 Å². The predicted octanol–water partition coefficient (Wildman–Crippen LogP) is 4.75. The van der Waals surface area contributed by atoms with E-state index in [2.05, 4.69) is 20.0 Å². The monoisotopic (exact) mass is 432 g/mol. The molecule has 7 nitrogen and oxygen atoms in total. The lowest BCUT2D eigenvalue weighted by molar-refractivity contribution is -0.274. The molecule has 3 N–H and O–H groups in total. The summed E-state index contributed by atoms with van der Waals surface area (Å²) < 4.78 is 46.1. The molecular formula is C21H19F3N4O3. The van der Waals surface area contributed by atoms with Crippen LogP contribution in [0.5, 0.6) is 17.2 Å². The maximum atomic E-state index is 12.2. The minimum atomic E-state index is -4.75. The number of hydrogen-bond acceptors (Lipinski definition) is 6. The van der Waals surface area contributed by atoms with Crippen molar-refractivity contribution in [1.82, 2.24) is 9.97 Å². The van der Waals surface area contributed by atoms with Gasteiger partial charge in [-0.15, -0.1) is 13.2 Å². The SMILES string of the molecule is CC(C)Nc1cc(C(N)=O)nc(-c2ccc(Oc3ccc(OC(F)(F)F)cc3)cc2)n1. The van der Waals surface area contributed by atoms with E-state index in [0.29, 0.717) is 28.7 Å². The average molecular weight is 432 g/mol. The highest BCUT2D eigenvalue weighted by atomic mass is 19.4. The van der Waals surface area contributed by atoms with Crippen molar-refractivity contribution in [2.45, 2.75) is 26.3 Å². The number of nitrogens with one attached hydrogen (secondary N) is 1. The number of benzene rings is 2. The zero-order chi connectivity index (χ0) is 22.6. The molecule has 0 spiro atoms. The first-order valence-electron chi connectivity index (χ1n) is 9.18. The molecule has 2 aromatic carbocycles. The van der Waals surface area contributed by atoms with E-state index in [1.54, 1.807) is 24.3 Å². The summed E-state index contributed by atoms with van der Waals surface area (Å²) in [4.78, 5) is 20.2. The molecule has 1 heterocycles. The molecule has 0 saturated heterocycles. The largest absolute Gasteiger partial charge is 0.573 e. The third kappa shape index (κ3) is 6.33. The van der Waals surface area contributed by atoms with Crippen molar-refractivity contribution in [3.05, 3.63) is 60.3 Å². The van der Waals surface area contributed by atoms with E-state index in [0.717, 1.165) is 12.1 Å². The van der Waals surface area contributed by atoms with Gasteiger partial charge < -0.3 is 20.5 Å². The maximum absolute atomic E-state index is 12.2. The van der Waals surface area contributed by atoms with Crippen LogP contribution in [-0.4, -0.2) is 28.3 Å². The fraction of sp³-hybridized carbons (Fsp3) is 0.190. The van der Waals surface area contributed by atoms with Crippen molar-refractivity contribution in [1.29, 1.82) is 0 Å². The van der Waals surface area contributed by atoms with Gasteiger partial charge in [-0.1, -0.05) is 0 Å². The number of ether oxygens (including phenoxy) is 2. The van der Waals surface area contributed by atoms with Crippen LogP contribution in [0.15, 0.2) is 54.6 Å². The van der Waals surface area contributed by atoms with Crippen LogP contribution in [0.25, 0.3) is 11.4 Å². The first-order valence-corrected chi connectivity index (χ1v) is 9.18. The summed E-state index contributed by atoms with van der Waals surface area (Å²) in [5, 5.41) is 3.11. The molecule has 1 aromatic heterocycles. The Hall–Kier alpha value is -3.82. The number of anilines is 1. The second-order valence-corrected chi connectivity index (χ2v) is 6.77. The number of aromatic nitrogens is 2. The van der Waals surface area contributed by atoms with Crippen molar-refractivity contribution >= 4 is 11.7 Å². The van der Waals surface area contributed by atoms with Crippen molar-refractivity contribution in [3.8, 4) is 28.6 Å². The Kier molecular flexibility index (Phi) is 6.28. The van der Waals surface area contributed by atoms with Gasteiger partial charge in [-0.2, -0.15) is 0 Å². The minimum Gasteiger partial charge on any atom is -0.457 e. The van der Waals surface area contributed by atoms with Crippen molar-refractivity contribution in [2.24, 2.45) is 5.73 Å². The number of carbonyl (C=O) groups excluding carboxylic acids is 1. The second kappa shape index (κ2) is 8.90. The minimum absolute atomic E-state index is 0.0784. The molecule has 0 unspecified atom stereocenters. The van der Waals surface area contributed by atoms with Crippen LogP contribution in [-0.2, 0) is 0 Å². The van der Waals surface area contributed by atoms with Gasteiger partial charge in [0.25, 0.3) is 5.91 Å². The number of nitrogens with two attached hydrogens (primary N) is 1. The quantitative estimate of drug-likeness (QED) is 0.559. The Bertz CT molecular complexity index is 1050. The number of primary amides is 1. The molecule has 3 rings (SSSR count). The lowest BCUT2D eigenvalue weighted by atomic mass is 10.2. The third-order valence-corrected chi connectivity index (χ3v) is 3.82. The van der Waals surface area contributed by atoms with Gasteiger partial charge in [0.2, 0.25) is 0 Å². The number of halogens is 3. The Labute approximate surface area is 176 Å². The standard InChI is InChI=1S/C21H19F3N4O3/c1-12(2)26-18-11-17(19(25)29)27-20(28-18)13-3-5-14(6-4-13)30-15-7-9-16(10-8-15)31-21(22,23)24/h3-12H,1-2H3,(H2,25,29)(H,26,27,28). The third-order valence-electron chi connectivity index (χ3n) is 3.82. The topological polar surface area (TPSA) is 99.4 Å². The van der Waals surface area contributed by atoms with E-state index in [4.69, 9.17) is 10.5 Å². The molecule has 162 valence electrons. The first-order chi connectivity index (χ1) is 14.6. The van der Waals surface area contributed by atoms with Gasteiger partial charge in [-0.05, 0) is 62.4 Å². The highest BCUT2D eigenvalue weighted by Crippen LogP contribution is 2.28. The van der Waals surface area contributed by atoms with Gasteiger partial charge in [0.15, 0.2) is 5.82 Å². The normalized spacial score (nSPS) is 11.3.